The minimum absolute atomic E-state index is 0.0753. The number of ketones is 1. The molecule has 0 radical (unpaired) electrons. The first-order chi connectivity index (χ1) is 16.4. The van der Waals surface area contributed by atoms with Crippen molar-refractivity contribution in [2.45, 2.75) is 77.9 Å². The van der Waals surface area contributed by atoms with Crippen LogP contribution >= 0.6 is 0 Å². The fraction of sp³-hybridized carbons (Fsp3) is 0.600. The second kappa shape index (κ2) is 14.4. The van der Waals surface area contributed by atoms with Crippen LogP contribution in [0.1, 0.15) is 80.5 Å². The van der Waals surface area contributed by atoms with Gasteiger partial charge < -0.3 is 32.9 Å². The molecule has 0 unspecified atom stereocenters. The van der Waals surface area contributed by atoms with Gasteiger partial charge in [-0.15, -0.1) is 0 Å². The molecule has 0 fully saturated rings. The molecule has 1 aromatic rings. The summed E-state index contributed by atoms with van der Waals surface area (Å²) in [6.45, 7) is 8.13. The summed E-state index contributed by atoms with van der Waals surface area (Å²) in [6, 6.07) is 1.30. The van der Waals surface area contributed by atoms with Gasteiger partial charge in [0, 0.05) is 11.3 Å². The van der Waals surface area contributed by atoms with Gasteiger partial charge in [0.2, 0.25) is 11.8 Å². The number of anilines is 1. The molecule has 0 heterocycles. The van der Waals surface area contributed by atoms with Gasteiger partial charge in [-0.1, -0.05) is 27.7 Å². The number of nitrogens with two attached hydrogens (primary N) is 3. The van der Waals surface area contributed by atoms with Gasteiger partial charge in [-0.05, 0) is 68.7 Å². The number of nitrogens with one attached hydrogen (secondary N) is 2. The van der Waals surface area contributed by atoms with Gasteiger partial charge in [0.05, 0.1) is 17.6 Å². The zero-order valence-electron chi connectivity index (χ0n) is 21.2. The van der Waals surface area contributed by atoms with E-state index in [4.69, 9.17) is 17.2 Å². The Labute approximate surface area is 207 Å². The highest BCUT2D eigenvalue weighted by atomic mass is 16.4. The first kappa shape index (κ1) is 30.1. The third kappa shape index (κ3) is 10.0. The molecule has 0 saturated carbocycles. The lowest BCUT2D eigenvalue weighted by atomic mass is 9.94. The summed E-state index contributed by atoms with van der Waals surface area (Å²) in [7, 11) is 0. The number of carboxylic acid groups (broad SMARTS) is 1. The van der Waals surface area contributed by atoms with E-state index in [-0.39, 0.29) is 35.1 Å². The second-order valence-electron chi connectivity index (χ2n) is 9.75. The smallest absolute Gasteiger partial charge is 0.336 e. The van der Waals surface area contributed by atoms with Crippen LogP contribution in [0.15, 0.2) is 18.2 Å². The third-order valence-electron chi connectivity index (χ3n) is 5.52. The largest absolute Gasteiger partial charge is 0.478 e. The SMILES string of the molecule is CC(C)C[C@H](NC(=O)[C@@H](N)CC(C)C)C(=O)N[C@@H](CCCCN)C(=O)c1cc(N)ccc1C(=O)O. The van der Waals surface area contributed by atoms with Gasteiger partial charge in [-0.25, -0.2) is 4.79 Å². The molecule has 0 saturated heterocycles. The van der Waals surface area contributed by atoms with Crippen molar-refractivity contribution in [3.05, 3.63) is 29.3 Å². The summed E-state index contributed by atoms with van der Waals surface area (Å²) >= 11 is 0. The molecule has 0 aliphatic carbocycles. The highest BCUT2D eigenvalue weighted by Crippen LogP contribution is 2.19. The average molecular weight is 492 g/mol. The van der Waals surface area contributed by atoms with Crippen molar-refractivity contribution in [2.75, 3.05) is 12.3 Å². The number of Topliss-reactive ketones (excluding diaryl/α,β-unsaturated/α-hetero) is 1. The molecule has 1 rings (SSSR count). The number of nitrogen functional groups attached to an aromatic ring is 1. The summed E-state index contributed by atoms with van der Waals surface area (Å²) in [5.41, 5.74) is 17.3. The Morgan fingerprint density at radius 2 is 1.49 bits per heavy atom. The van der Waals surface area contributed by atoms with E-state index >= 15 is 0 Å². The zero-order valence-corrected chi connectivity index (χ0v) is 21.2. The standard InChI is InChI=1S/C25H41N5O5/c1-14(2)11-19(28)23(32)30-21(12-15(3)4)24(33)29-20(7-5-6-10-26)22(31)18-13-16(27)8-9-17(18)25(34)35/h8-9,13-15,19-21H,5-7,10-12,26-28H2,1-4H3,(H,29,33)(H,30,32)(H,34,35)/t19-,20-,21-/m0/s1. The summed E-state index contributed by atoms with van der Waals surface area (Å²) in [6.07, 6.45) is 2.23. The molecular formula is C25H41N5O5. The average Bonchev–Trinajstić information content (AvgIpc) is 2.76. The molecule has 0 aliphatic heterocycles. The van der Waals surface area contributed by atoms with E-state index in [1.807, 2.05) is 27.7 Å². The van der Waals surface area contributed by atoms with Crippen LogP contribution in [0.5, 0.6) is 0 Å². The molecule has 2 amide bonds. The molecule has 9 N–H and O–H groups in total. The van der Waals surface area contributed by atoms with Crippen molar-refractivity contribution in [1.29, 1.82) is 0 Å². The molecule has 0 spiro atoms. The lowest BCUT2D eigenvalue weighted by Gasteiger charge is -2.25. The Hall–Kier alpha value is -2.98. The lowest BCUT2D eigenvalue weighted by Crippen LogP contribution is -2.55. The van der Waals surface area contributed by atoms with E-state index in [2.05, 4.69) is 10.6 Å². The van der Waals surface area contributed by atoms with Crippen molar-refractivity contribution >= 4 is 29.3 Å². The van der Waals surface area contributed by atoms with Crippen molar-refractivity contribution in [3.8, 4) is 0 Å². The van der Waals surface area contributed by atoms with Gasteiger partial charge >= 0.3 is 5.97 Å². The van der Waals surface area contributed by atoms with Crippen molar-refractivity contribution in [1.82, 2.24) is 10.6 Å². The molecule has 1 aromatic carbocycles. The van der Waals surface area contributed by atoms with Crippen LogP contribution in [0, 0.1) is 11.8 Å². The molecule has 10 heteroatoms. The number of hydrogen-bond donors (Lipinski definition) is 6. The van der Waals surface area contributed by atoms with E-state index in [1.165, 1.54) is 18.2 Å². The molecule has 10 nitrogen and oxygen atoms in total. The monoisotopic (exact) mass is 491 g/mol. The molecule has 35 heavy (non-hydrogen) atoms. The quantitative estimate of drug-likeness (QED) is 0.121. The minimum Gasteiger partial charge on any atom is -0.478 e. The molecule has 3 atom stereocenters. The molecule has 0 aromatic heterocycles. The number of amides is 2. The third-order valence-corrected chi connectivity index (χ3v) is 5.52. The Morgan fingerprint density at radius 3 is 2.03 bits per heavy atom. The van der Waals surface area contributed by atoms with E-state index in [0.717, 1.165) is 0 Å². The van der Waals surface area contributed by atoms with E-state index in [1.54, 1.807) is 0 Å². The van der Waals surface area contributed by atoms with Crippen molar-refractivity contribution in [2.24, 2.45) is 23.3 Å². The van der Waals surface area contributed by atoms with Crippen LogP contribution in [0.4, 0.5) is 5.69 Å². The maximum absolute atomic E-state index is 13.4. The van der Waals surface area contributed by atoms with Crippen LogP contribution in [0.3, 0.4) is 0 Å². The van der Waals surface area contributed by atoms with E-state index < -0.39 is 41.7 Å². The zero-order chi connectivity index (χ0) is 26.7. The first-order valence-corrected chi connectivity index (χ1v) is 12.1. The topological polar surface area (TPSA) is 191 Å². The Kier molecular flexibility index (Phi) is 12.4. The van der Waals surface area contributed by atoms with Crippen molar-refractivity contribution in [3.63, 3.8) is 0 Å². The van der Waals surface area contributed by atoms with Gasteiger partial charge in [0.1, 0.15) is 6.04 Å². The maximum atomic E-state index is 13.4. The Balaban J connectivity index is 3.19. The molecular weight excluding hydrogens is 450 g/mol. The number of aromatic carboxylic acids is 1. The Bertz CT molecular complexity index is 887. The number of rotatable bonds is 15. The number of hydrogen-bond acceptors (Lipinski definition) is 7. The van der Waals surface area contributed by atoms with Gasteiger partial charge in [0.25, 0.3) is 0 Å². The number of benzene rings is 1. The Morgan fingerprint density at radius 1 is 0.886 bits per heavy atom. The normalized spacial score (nSPS) is 13.8. The lowest BCUT2D eigenvalue weighted by molar-refractivity contribution is -0.130. The number of unbranched alkanes of at least 4 members (excludes halogenated alkanes) is 1. The fourth-order valence-corrected chi connectivity index (χ4v) is 3.77. The van der Waals surface area contributed by atoms with Gasteiger partial charge in [0.15, 0.2) is 5.78 Å². The maximum Gasteiger partial charge on any atom is 0.336 e. The van der Waals surface area contributed by atoms with Crippen LogP contribution in [0.2, 0.25) is 0 Å². The van der Waals surface area contributed by atoms with Crippen LogP contribution in [0.25, 0.3) is 0 Å². The summed E-state index contributed by atoms with van der Waals surface area (Å²) < 4.78 is 0. The molecule has 0 bridgehead atoms. The highest BCUT2D eigenvalue weighted by molar-refractivity contribution is 6.10. The van der Waals surface area contributed by atoms with Gasteiger partial charge in [-0.2, -0.15) is 0 Å². The summed E-state index contributed by atoms with van der Waals surface area (Å²) in [5, 5.41) is 15.0. The van der Waals surface area contributed by atoms with Crippen LogP contribution in [-0.4, -0.2) is 53.3 Å². The van der Waals surface area contributed by atoms with Crippen LogP contribution < -0.4 is 27.8 Å². The predicted molar refractivity (Wildman–Crippen MR) is 136 cm³/mol. The summed E-state index contributed by atoms with van der Waals surface area (Å²) in [4.78, 5) is 50.9. The highest BCUT2D eigenvalue weighted by Gasteiger charge is 2.30. The molecule has 0 aliphatic rings. The second-order valence-corrected chi connectivity index (χ2v) is 9.75. The van der Waals surface area contributed by atoms with Crippen LogP contribution in [-0.2, 0) is 9.59 Å². The number of carboxylic acids is 1. The number of carbonyl (C=O) groups is 4. The van der Waals surface area contributed by atoms with E-state index in [0.29, 0.717) is 32.2 Å². The van der Waals surface area contributed by atoms with E-state index in [9.17, 15) is 24.3 Å². The summed E-state index contributed by atoms with van der Waals surface area (Å²) in [5.74, 6) is -2.52. The van der Waals surface area contributed by atoms with Crippen molar-refractivity contribution < 1.29 is 24.3 Å². The minimum atomic E-state index is -1.27. The predicted octanol–water partition coefficient (Wildman–Crippen LogP) is 1.67. The van der Waals surface area contributed by atoms with Gasteiger partial charge in [-0.3, -0.25) is 14.4 Å². The first-order valence-electron chi connectivity index (χ1n) is 12.1. The number of carbonyl (C=O) groups excluding carboxylic acids is 3. The molecule has 196 valence electrons. The fourth-order valence-electron chi connectivity index (χ4n) is 3.77.